The number of carbonyl (C=O) groups is 2. The van der Waals surface area contributed by atoms with E-state index in [-0.39, 0.29) is 17.7 Å². The molecule has 0 saturated carbocycles. The van der Waals surface area contributed by atoms with Crippen LogP contribution in [0.25, 0.3) is 0 Å². The van der Waals surface area contributed by atoms with Crippen LogP contribution in [0.2, 0.25) is 10.0 Å². The Labute approximate surface area is 210 Å². The Bertz CT molecular complexity index is 1120. The molecule has 2 aromatic rings. The van der Waals surface area contributed by atoms with Crippen molar-refractivity contribution >= 4 is 35.1 Å². The largest absolute Gasteiger partial charge is 0.462 e. The van der Waals surface area contributed by atoms with Gasteiger partial charge in [0, 0.05) is 11.4 Å². The summed E-state index contributed by atoms with van der Waals surface area (Å²) >= 11 is 12.9. The van der Waals surface area contributed by atoms with Gasteiger partial charge in [-0.1, -0.05) is 65.7 Å². The molecule has 1 aliphatic rings. The molecule has 1 aliphatic heterocycles. The predicted octanol–water partition coefficient (Wildman–Crippen LogP) is 6.36. The predicted molar refractivity (Wildman–Crippen MR) is 135 cm³/mol. The summed E-state index contributed by atoms with van der Waals surface area (Å²) < 4.78 is 11.2. The van der Waals surface area contributed by atoms with Crippen molar-refractivity contribution in [3.05, 3.63) is 92.2 Å². The molecule has 3 rings (SSSR count). The van der Waals surface area contributed by atoms with E-state index in [2.05, 4.69) is 5.32 Å². The number of aryl methyl sites for hydroxylation is 1. The Hall–Kier alpha value is -2.76. The number of hydrogen-bond acceptors (Lipinski definition) is 5. The van der Waals surface area contributed by atoms with Gasteiger partial charge in [0.1, 0.15) is 0 Å². The lowest BCUT2D eigenvalue weighted by molar-refractivity contribution is -0.143. The highest BCUT2D eigenvalue weighted by Crippen LogP contribution is 2.43. The Kier molecular flexibility index (Phi) is 8.81. The molecule has 5 nitrogen and oxygen atoms in total. The normalized spacial score (nSPS) is 15.9. The van der Waals surface area contributed by atoms with Crippen molar-refractivity contribution in [3.63, 3.8) is 0 Å². The van der Waals surface area contributed by atoms with Gasteiger partial charge in [-0.05, 0) is 57.7 Å². The van der Waals surface area contributed by atoms with Gasteiger partial charge in [-0.25, -0.2) is 9.59 Å². The van der Waals surface area contributed by atoms with Crippen LogP contribution < -0.4 is 5.32 Å². The van der Waals surface area contributed by atoms with E-state index in [1.807, 2.05) is 30.3 Å². The van der Waals surface area contributed by atoms with Gasteiger partial charge in [-0.15, -0.1) is 0 Å². The Morgan fingerprint density at radius 3 is 2.24 bits per heavy atom. The lowest BCUT2D eigenvalue weighted by Crippen LogP contribution is -2.33. The number of allylic oxidation sites excluding steroid dienone is 2. The zero-order valence-electron chi connectivity index (χ0n) is 19.8. The van der Waals surface area contributed by atoms with Crippen LogP contribution in [0.5, 0.6) is 0 Å². The third kappa shape index (κ3) is 6.02. The molecule has 7 heteroatoms. The number of ether oxygens (including phenoxy) is 2. The molecule has 1 unspecified atom stereocenters. The van der Waals surface area contributed by atoms with Crippen LogP contribution >= 0.6 is 23.2 Å². The molecule has 0 radical (unpaired) electrons. The minimum atomic E-state index is -0.777. The first-order valence-electron chi connectivity index (χ1n) is 11.2. The number of benzene rings is 2. The number of nitrogens with one attached hydrogen (secondary N) is 1. The van der Waals surface area contributed by atoms with Gasteiger partial charge < -0.3 is 14.8 Å². The fraction of sp³-hybridized carbons (Fsp3) is 0.333. The number of carbonyl (C=O) groups excluding carboxylic acids is 2. The second-order valence-corrected chi connectivity index (χ2v) is 9.24. The van der Waals surface area contributed by atoms with E-state index in [9.17, 15) is 9.59 Å². The topological polar surface area (TPSA) is 64.6 Å². The monoisotopic (exact) mass is 501 g/mol. The van der Waals surface area contributed by atoms with Crippen molar-refractivity contribution in [2.24, 2.45) is 0 Å². The van der Waals surface area contributed by atoms with E-state index >= 15 is 0 Å². The summed E-state index contributed by atoms with van der Waals surface area (Å²) in [6, 6.07) is 15.2. The minimum absolute atomic E-state index is 0.245. The van der Waals surface area contributed by atoms with Crippen molar-refractivity contribution in [1.29, 1.82) is 0 Å². The average molecular weight is 502 g/mol. The maximum absolute atomic E-state index is 13.3. The minimum Gasteiger partial charge on any atom is -0.462 e. The zero-order valence-corrected chi connectivity index (χ0v) is 21.3. The Morgan fingerprint density at radius 1 is 0.941 bits per heavy atom. The summed E-state index contributed by atoms with van der Waals surface area (Å²) in [4.78, 5) is 26.4. The van der Waals surface area contributed by atoms with Gasteiger partial charge in [-0.3, -0.25) is 0 Å². The quantitative estimate of drug-likeness (QED) is 0.336. The van der Waals surface area contributed by atoms with E-state index in [1.54, 1.807) is 45.9 Å². The molecule has 0 aromatic heterocycles. The number of halogens is 2. The lowest BCUT2D eigenvalue weighted by atomic mass is 9.80. The fourth-order valence-corrected chi connectivity index (χ4v) is 4.45. The number of hydrogen-bond donors (Lipinski definition) is 1. The second kappa shape index (κ2) is 11.6. The van der Waals surface area contributed by atoms with Gasteiger partial charge in [-0.2, -0.15) is 0 Å². The van der Waals surface area contributed by atoms with Crippen molar-refractivity contribution < 1.29 is 19.1 Å². The van der Waals surface area contributed by atoms with Crippen molar-refractivity contribution in [2.45, 2.75) is 52.6 Å². The molecule has 0 amide bonds. The molecule has 0 fully saturated rings. The molecule has 2 aromatic carbocycles. The third-order valence-corrected chi connectivity index (χ3v) is 6.35. The average Bonchev–Trinajstić information content (AvgIpc) is 2.78. The molecule has 1 N–H and O–H groups in total. The van der Waals surface area contributed by atoms with Gasteiger partial charge >= 0.3 is 11.9 Å². The highest BCUT2D eigenvalue weighted by atomic mass is 35.5. The highest BCUT2D eigenvalue weighted by Gasteiger charge is 2.39. The van der Waals surface area contributed by atoms with Crippen LogP contribution in [0.4, 0.5) is 0 Å². The van der Waals surface area contributed by atoms with Crippen LogP contribution in [0, 0.1) is 0 Å². The first-order chi connectivity index (χ1) is 16.2. The molecule has 0 aliphatic carbocycles. The van der Waals surface area contributed by atoms with Crippen LogP contribution in [-0.4, -0.2) is 24.6 Å². The zero-order chi connectivity index (χ0) is 24.8. The van der Waals surface area contributed by atoms with Crippen LogP contribution in [0.15, 0.2) is 71.1 Å². The molecule has 34 heavy (non-hydrogen) atoms. The first-order valence-corrected chi connectivity index (χ1v) is 12.0. The molecular formula is C27H29Cl2NO4. The van der Waals surface area contributed by atoms with E-state index in [4.69, 9.17) is 32.7 Å². The van der Waals surface area contributed by atoms with Crippen LogP contribution in [0.1, 0.15) is 51.2 Å². The number of dihydropyridines is 1. The summed E-state index contributed by atoms with van der Waals surface area (Å²) in [7, 11) is 0. The molecule has 1 atom stereocenters. The second-order valence-electron chi connectivity index (χ2n) is 8.46. The SMILES string of the molecule is CC1=C(C(=O)OCCCc2ccccc2)C(c2cccc(Cl)c2Cl)C(C(=O)OC(C)C)=C(C)N1. The Balaban J connectivity index is 1.91. The highest BCUT2D eigenvalue weighted by molar-refractivity contribution is 6.42. The Morgan fingerprint density at radius 2 is 1.59 bits per heavy atom. The molecule has 0 saturated heterocycles. The van der Waals surface area contributed by atoms with Gasteiger partial charge in [0.2, 0.25) is 0 Å². The summed E-state index contributed by atoms with van der Waals surface area (Å²) in [6.45, 7) is 7.34. The van der Waals surface area contributed by atoms with Gasteiger partial charge in [0.15, 0.2) is 0 Å². The van der Waals surface area contributed by atoms with Crippen LogP contribution in [-0.2, 0) is 25.5 Å². The smallest absolute Gasteiger partial charge is 0.337 e. The van der Waals surface area contributed by atoms with Crippen molar-refractivity contribution in [2.75, 3.05) is 6.61 Å². The van der Waals surface area contributed by atoms with Crippen molar-refractivity contribution in [1.82, 2.24) is 5.32 Å². The molecular weight excluding hydrogens is 473 g/mol. The summed E-state index contributed by atoms with van der Waals surface area (Å²) in [5, 5.41) is 3.76. The number of rotatable bonds is 8. The van der Waals surface area contributed by atoms with E-state index in [0.29, 0.717) is 39.5 Å². The molecule has 0 spiro atoms. The first kappa shape index (κ1) is 25.9. The third-order valence-electron chi connectivity index (χ3n) is 5.52. The standard InChI is InChI=1S/C27H29Cl2NO4/c1-16(2)34-27(32)23-18(4)30-17(3)22(24(23)20-13-8-14-21(28)25(20)29)26(31)33-15-9-12-19-10-6-5-7-11-19/h5-8,10-11,13-14,16,24,30H,9,12,15H2,1-4H3. The van der Waals surface area contributed by atoms with E-state index in [1.165, 1.54) is 5.56 Å². The summed E-state index contributed by atoms with van der Waals surface area (Å²) in [5.41, 5.74) is 3.51. The van der Waals surface area contributed by atoms with E-state index in [0.717, 1.165) is 6.42 Å². The lowest BCUT2D eigenvalue weighted by Gasteiger charge is -2.31. The molecule has 1 heterocycles. The fourth-order valence-electron chi connectivity index (χ4n) is 4.03. The molecule has 180 valence electrons. The maximum atomic E-state index is 13.3. The van der Waals surface area contributed by atoms with E-state index < -0.39 is 17.9 Å². The van der Waals surface area contributed by atoms with Crippen molar-refractivity contribution in [3.8, 4) is 0 Å². The maximum Gasteiger partial charge on any atom is 0.337 e. The summed E-state index contributed by atoms with van der Waals surface area (Å²) in [6.07, 6.45) is 1.14. The summed E-state index contributed by atoms with van der Waals surface area (Å²) in [5.74, 6) is -1.82. The number of esters is 2. The van der Waals surface area contributed by atoms with Crippen LogP contribution in [0.3, 0.4) is 0 Å². The van der Waals surface area contributed by atoms with Gasteiger partial charge in [0.25, 0.3) is 0 Å². The van der Waals surface area contributed by atoms with Gasteiger partial charge in [0.05, 0.1) is 39.8 Å². The molecule has 0 bridgehead atoms.